The van der Waals surface area contributed by atoms with Crippen molar-refractivity contribution in [3.05, 3.63) is 92.0 Å². The number of nitrogens with zero attached hydrogens (tertiary/aromatic N) is 2. The summed E-state index contributed by atoms with van der Waals surface area (Å²) in [5, 5.41) is 23.1. The first kappa shape index (κ1) is 25.9. The van der Waals surface area contributed by atoms with Crippen LogP contribution in [0.3, 0.4) is 0 Å². The molecule has 0 radical (unpaired) electrons. The molecule has 3 rings (SSSR count). The van der Waals surface area contributed by atoms with Crippen LogP contribution in [0.15, 0.2) is 70.7 Å². The molecule has 0 saturated heterocycles. The van der Waals surface area contributed by atoms with Crippen LogP contribution in [0, 0.1) is 21.4 Å². The Morgan fingerprint density at radius 3 is 2.36 bits per heavy atom. The minimum atomic E-state index is -0.814. The van der Waals surface area contributed by atoms with Gasteiger partial charge in [-0.25, -0.2) is 4.79 Å². The van der Waals surface area contributed by atoms with Crippen LogP contribution in [0.5, 0.6) is 17.2 Å². The number of nitrogens with one attached hydrogen (secondary N) is 1. The van der Waals surface area contributed by atoms with Gasteiger partial charge in [-0.2, -0.15) is 5.26 Å². The zero-order valence-corrected chi connectivity index (χ0v) is 20.6. The van der Waals surface area contributed by atoms with E-state index in [1.54, 1.807) is 36.4 Å². The Morgan fingerprint density at radius 2 is 1.75 bits per heavy atom. The van der Waals surface area contributed by atoms with Gasteiger partial charge in [0.2, 0.25) is 0 Å². The highest BCUT2D eigenvalue weighted by atomic mass is 79.9. The van der Waals surface area contributed by atoms with E-state index in [-0.39, 0.29) is 34.2 Å². The molecule has 0 fully saturated rings. The number of amides is 1. The number of carbonyl (C=O) groups excluding carboxylic acids is 2. The van der Waals surface area contributed by atoms with Crippen molar-refractivity contribution in [3.8, 4) is 23.3 Å². The zero-order valence-electron chi connectivity index (χ0n) is 19.0. The number of ether oxygens (including phenoxy) is 3. The number of methoxy groups -OCH3 is 2. The normalized spacial score (nSPS) is 10.7. The summed E-state index contributed by atoms with van der Waals surface area (Å²) in [6.07, 6.45) is 1.29. The molecule has 3 aromatic rings. The number of anilines is 1. The minimum Gasteiger partial charge on any atom is -0.495 e. The van der Waals surface area contributed by atoms with Crippen molar-refractivity contribution >= 4 is 45.3 Å². The number of nitro benzene ring substituents is 1. The fourth-order valence-corrected chi connectivity index (χ4v) is 3.60. The van der Waals surface area contributed by atoms with E-state index in [2.05, 4.69) is 21.2 Å². The van der Waals surface area contributed by atoms with Gasteiger partial charge in [-0.1, -0.05) is 18.2 Å². The van der Waals surface area contributed by atoms with Crippen molar-refractivity contribution in [2.45, 2.75) is 0 Å². The van der Waals surface area contributed by atoms with E-state index in [0.717, 1.165) is 6.07 Å². The standard InChI is InChI=1S/C25H18BrN3O7/c1-34-21-9-8-18(29(32)33)13-20(21)28-24(30)17(14-27)10-15-11-19(26)23(22(12-15)35-2)36-25(31)16-6-4-3-5-7-16/h3-13H,1-2H3,(H,28,30)/b17-10+. The lowest BCUT2D eigenvalue weighted by Crippen LogP contribution is -2.14. The van der Waals surface area contributed by atoms with Crippen LogP contribution in [-0.2, 0) is 4.79 Å². The first-order valence-corrected chi connectivity index (χ1v) is 11.0. The number of carbonyl (C=O) groups is 2. The Balaban J connectivity index is 1.89. The molecular weight excluding hydrogens is 534 g/mol. The topological polar surface area (TPSA) is 141 Å². The molecular formula is C25H18BrN3O7. The Bertz CT molecular complexity index is 1400. The molecule has 0 spiro atoms. The summed E-state index contributed by atoms with van der Waals surface area (Å²) in [5.74, 6) is -0.933. The molecule has 0 aliphatic heterocycles. The highest BCUT2D eigenvalue weighted by molar-refractivity contribution is 9.10. The molecule has 10 nitrogen and oxygen atoms in total. The second kappa shape index (κ2) is 11.6. The molecule has 0 bridgehead atoms. The second-order valence-corrected chi connectivity index (χ2v) is 7.91. The maximum absolute atomic E-state index is 12.8. The maximum atomic E-state index is 12.8. The fraction of sp³-hybridized carbons (Fsp3) is 0.0800. The molecule has 36 heavy (non-hydrogen) atoms. The van der Waals surface area contributed by atoms with Gasteiger partial charge in [0.05, 0.1) is 34.9 Å². The van der Waals surface area contributed by atoms with Gasteiger partial charge in [-0.05, 0) is 57.9 Å². The number of rotatable bonds is 8. The smallest absolute Gasteiger partial charge is 0.343 e. The Morgan fingerprint density at radius 1 is 1.06 bits per heavy atom. The predicted octanol–water partition coefficient (Wildman–Crippen LogP) is 5.14. The van der Waals surface area contributed by atoms with Crippen LogP contribution < -0.4 is 19.5 Å². The molecule has 3 aromatic carbocycles. The van der Waals surface area contributed by atoms with Gasteiger partial charge >= 0.3 is 5.97 Å². The summed E-state index contributed by atoms with van der Waals surface area (Å²) in [6.45, 7) is 0. The van der Waals surface area contributed by atoms with E-state index >= 15 is 0 Å². The monoisotopic (exact) mass is 551 g/mol. The van der Waals surface area contributed by atoms with Gasteiger partial charge < -0.3 is 19.5 Å². The third-order valence-electron chi connectivity index (χ3n) is 4.77. The average Bonchev–Trinajstić information content (AvgIpc) is 2.88. The summed E-state index contributed by atoms with van der Waals surface area (Å²) in [4.78, 5) is 35.7. The van der Waals surface area contributed by atoms with Crippen LogP contribution in [0.25, 0.3) is 6.08 Å². The summed E-state index contributed by atoms with van der Waals surface area (Å²) < 4.78 is 16.3. The van der Waals surface area contributed by atoms with Gasteiger partial charge in [0, 0.05) is 12.1 Å². The minimum absolute atomic E-state index is 0.0276. The van der Waals surface area contributed by atoms with Gasteiger partial charge in [0.15, 0.2) is 11.5 Å². The number of hydrogen-bond donors (Lipinski definition) is 1. The van der Waals surface area contributed by atoms with Crippen LogP contribution in [-0.4, -0.2) is 31.0 Å². The van der Waals surface area contributed by atoms with Crippen LogP contribution in [0.2, 0.25) is 0 Å². The number of non-ortho nitro benzene ring substituents is 1. The van der Waals surface area contributed by atoms with E-state index in [4.69, 9.17) is 14.2 Å². The zero-order chi connectivity index (χ0) is 26.2. The van der Waals surface area contributed by atoms with Crippen molar-refractivity contribution in [2.75, 3.05) is 19.5 Å². The maximum Gasteiger partial charge on any atom is 0.343 e. The first-order chi connectivity index (χ1) is 17.3. The van der Waals surface area contributed by atoms with Crippen molar-refractivity contribution in [2.24, 2.45) is 0 Å². The number of hydrogen-bond acceptors (Lipinski definition) is 8. The van der Waals surface area contributed by atoms with Crippen molar-refractivity contribution in [1.29, 1.82) is 5.26 Å². The molecule has 0 aliphatic carbocycles. The molecule has 0 unspecified atom stereocenters. The summed E-state index contributed by atoms with van der Waals surface area (Å²) in [7, 11) is 2.72. The number of esters is 1. The van der Waals surface area contributed by atoms with Crippen molar-refractivity contribution < 1.29 is 28.7 Å². The summed E-state index contributed by atoms with van der Waals surface area (Å²) in [5.41, 5.74) is 0.195. The predicted molar refractivity (Wildman–Crippen MR) is 134 cm³/mol. The molecule has 0 aromatic heterocycles. The summed E-state index contributed by atoms with van der Waals surface area (Å²) in [6, 6.07) is 16.9. The largest absolute Gasteiger partial charge is 0.495 e. The van der Waals surface area contributed by atoms with Gasteiger partial charge in [0.25, 0.3) is 11.6 Å². The lowest BCUT2D eigenvalue weighted by atomic mass is 10.1. The van der Waals surface area contributed by atoms with E-state index < -0.39 is 16.8 Å². The summed E-state index contributed by atoms with van der Waals surface area (Å²) >= 11 is 3.33. The van der Waals surface area contributed by atoms with Crippen molar-refractivity contribution in [1.82, 2.24) is 0 Å². The van der Waals surface area contributed by atoms with Crippen molar-refractivity contribution in [3.63, 3.8) is 0 Å². The second-order valence-electron chi connectivity index (χ2n) is 7.06. The molecule has 0 aliphatic rings. The number of nitriles is 1. The number of benzene rings is 3. The fourth-order valence-electron chi connectivity index (χ4n) is 3.06. The first-order valence-electron chi connectivity index (χ1n) is 10.2. The van der Waals surface area contributed by atoms with E-state index in [1.165, 1.54) is 44.6 Å². The SMILES string of the molecule is COc1ccc([N+](=O)[O-])cc1NC(=O)/C(C#N)=C/c1cc(Br)c(OC(=O)c2ccccc2)c(OC)c1. The van der Waals surface area contributed by atoms with E-state index in [1.807, 2.05) is 0 Å². The molecule has 1 amide bonds. The number of nitro groups is 1. The van der Waals surface area contributed by atoms with Crippen LogP contribution in [0.4, 0.5) is 11.4 Å². The highest BCUT2D eigenvalue weighted by Gasteiger charge is 2.19. The molecule has 0 atom stereocenters. The molecule has 11 heteroatoms. The third-order valence-corrected chi connectivity index (χ3v) is 5.36. The molecule has 0 saturated carbocycles. The van der Waals surface area contributed by atoms with Gasteiger partial charge in [-0.3, -0.25) is 14.9 Å². The van der Waals surface area contributed by atoms with E-state index in [0.29, 0.717) is 15.6 Å². The molecule has 1 N–H and O–H groups in total. The van der Waals surface area contributed by atoms with Crippen LogP contribution in [0.1, 0.15) is 15.9 Å². The molecule has 0 heterocycles. The lowest BCUT2D eigenvalue weighted by Gasteiger charge is -2.13. The average molecular weight is 552 g/mol. The highest BCUT2D eigenvalue weighted by Crippen LogP contribution is 2.38. The Labute approximate surface area is 214 Å². The van der Waals surface area contributed by atoms with Gasteiger partial charge in [-0.15, -0.1) is 0 Å². The third kappa shape index (κ3) is 6.05. The quantitative estimate of drug-likeness (QED) is 0.101. The Kier molecular flexibility index (Phi) is 8.38. The number of halogens is 1. The van der Waals surface area contributed by atoms with Crippen LogP contribution >= 0.6 is 15.9 Å². The van der Waals surface area contributed by atoms with E-state index in [9.17, 15) is 25.0 Å². The Hall–Kier alpha value is -4.69. The lowest BCUT2D eigenvalue weighted by molar-refractivity contribution is -0.384. The molecule has 182 valence electrons. The van der Waals surface area contributed by atoms with Gasteiger partial charge in [0.1, 0.15) is 17.4 Å².